The van der Waals surface area contributed by atoms with E-state index in [2.05, 4.69) is 5.32 Å². The third-order valence-electron chi connectivity index (χ3n) is 5.87. The molecule has 0 bridgehead atoms. The number of hydrogen-bond acceptors (Lipinski definition) is 2. The lowest BCUT2D eigenvalue weighted by Gasteiger charge is -2.33. The first-order valence-corrected chi connectivity index (χ1v) is 11.4. The summed E-state index contributed by atoms with van der Waals surface area (Å²) in [7, 11) is 0. The lowest BCUT2D eigenvalue weighted by atomic mass is 9.95. The van der Waals surface area contributed by atoms with Crippen molar-refractivity contribution in [2.24, 2.45) is 0 Å². The highest BCUT2D eigenvalue weighted by molar-refractivity contribution is 6.30. The second-order valence-corrected chi connectivity index (χ2v) is 8.66. The zero-order valence-corrected chi connectivity index (χ0v) is 18.7. The van der Waals surface area contributed by atoms with Crippen molar-refractivity contribution < 1.29 is 14.0 Å². The maximum Gasteiger partial charge on any atom is 0.243 e. The minimum absolute atomic E-state index is 0.110. The second kappa shape index (κ2) is 11.3. The van der Waals surface area contributed by atoms with Crippen LogP contribution in [0.5, 0.6) is 0 Å². The van der Waals surface area contributed by atoms with Gasteiger partial charge in [0.1, 0.15) is 11.9 Å². The van der Waals surface area contributed by atoms with Crippen molar-refractivity contribution in [3.8, 4) is 0 Å². The molecule has 1 aliphatic carbocycles. The smallest absolute Gasteiger partial charge is 0.243 e. The van der Waals surface area contributed by atoms with Crippen molar-refractivity contribution in [2.75, 3.05) is 0 Å². The van der Waals surface area contributed by atoms with Gasteiger partial charge >= 0.3 is 0 Å². The van der Waals surface area contributed by atoms with Gasteiger partial charge in [-0.1, -0.05) is 62.1 Å². The van der Waals surface area contributed by atoms with Gasteiger partial charge in [0.05, 0.1) is 6.42 Å². The number of halogens is 2. The monoisotopic (exact) mass is 444 g/mol. The fourth-order valence-corrected chi connectivity index (χ4v) is 4.25. The predicted octanol–water partition coefficient (Wildman–Crippen LogP) is 5.28. The van der Waals surface area contributed by atoms with Crippen LogP contribution in [0, 0.1) is 5.82 Å². The Bertz CT molecular complexity index is 864. The number of carbonyl (C=O) groups is 2. The summed E-state index contributed by atoms with van der Waals surface area (Å²) in [6, 6.07) is 12.8. The Balaban J connectivity index is 1.79. The summed E-state index contributed by atoms with van der Waals surface area (Å²) in [5.41, 5.74) is 1.62. The van der Waals surface area contributed by atoms with E-state index in [0.717, 1.165) is 36.8 Å². The SMILES string of the molecule is CC[C@H](C(=O)NC1CCCCC1)N(Cc1ccc(F)cc1)C(=O)Cc1ccc(Cl)cc1. The van der Waals surface area contributed by atoms with Crippen molar-refractivity contribution in [3.05, 3.63) is 70.5 Å². The van der Waals surface area contributed by atoms with Crippen LogP contribution in [-0.2, 0) is 22.6 Å². The predicted molar refractivity (Wildman–Crippen MR) is 121 cm³/mol. The molecule has 2 aromatic rings. The topological polar surface area (TPSA) is 49.4 Å². The van der Waals surface area contributed by atoms with E-state index in [0.29, 0.717) is 11.4 Å². The van der Waals surface area contributed by atoms with E-state index in [-0.39, 0.29) is 36.6 Å². The molecule has 2 amide bonds. The first kappa shape index (κ1) is 23.3. The van der Waals surface area contributed by atoms with Crippen molar-refractivity contribution >= 4 is 23.4 Å². The number of benzene rings is 2. The molecule has 0 aromatic heterocycles. The van der Waals surface area contributed by atoms with Gasteiger partial charge in [0.2, 0.25) is 11.8 Å². The van der Waals surface area contributed by atoms with Crippen LogP contribution < -0.4 is 5.32 Å². The molecule has 31 heavy (non-hydrogen) atoms. The molecule has 0 aliphatic heterocycles. The molecule has 2 aromatic carbocycles. The van der Waals surface area contributed by atoms with E-state index in [4.69, 9.17) is 11.6 Å². The summed E-state index contributed by atoms with van der Waals surface area (Å²) >= 11 is 5.96. The second-order valence-electron chi connectivity index (χ2n) is 8.22. The van der Waals surface area contributed by atoms with Crippen LogP contribution in [0.25, 0.3) is 0 Å². The Labute approximate surface area is 188 Å². The Morgan fingerprint density at radius 1 is 1.03 bits per heavy atom. The minimum atomic E-state index is -0.577. The van der Waals surface area contributed by atoms with Crippen LogP contribution in [0.3, 0.4) is 0 Å². The average Bonchev–Trinajstić information content (AvgIpc) is 2.77. The lowest BCUT2D eigenvalue weighted by molar-refractivity contribution is -0.141. The number of carbonyl (C=O) groups excluding carboxylic acids is 2. The molecular formula is C25H30ClFN2O2. The van der Waals surface area contributed by atoms with Gasteiger partial charge in [-0.2, -0.15) is 0 Å². The van der Waals surface area contributed by atoms with Gasteiger partial charge in [-0.05, 0) is 54.7 Å². The molecule has 0 saturated heterocycles. The summed E-state index contributed by atoms with van der Waals surface area (Å²) in [6.45, 7) is 2.17. The summed E-state index contributed by atoms with van der Waals surface area (Å²) < 4.78 is 13.4. The average molecular weight is 445 g/mol. The molecule has 166 valence electrons. The third kappa shape index (κ3) is 6.79. The molecule has 0 heterocycles. The van der Waals surface area contributed by atoms with Crippen LogP contribution in [0.2, 0.25) is 5.02 Å². The van der Waals surface area contributed by atoms with E-state index >= 15 is 0 Å². The Morgan fingerprint density at radius 3 is 2.26 bits per heavy atom. The van der Waals surface area contributed by atoms with Gasteiger partial charge in [0.25, 0.3) is 0 Å². The molecule has 0 spiro atoms. The van der Waals surface area contributed by atoms with Crippen LogP contribution in [0.15, 0.2) is 48.5 Å². The molecule has 0 unspecified atom stereocenters. The maximum absolute atomic E-state index is 13.4. The van der Waals surface area contributed by atoms with Gasteiger partial charge < -0.3 is 10.2 Å². The molecule has 1 atom stereocenters. The van der Waals surface area contributed by atoms with Gasteiger partial charge in [0, 0.05) is 17.6 Å². The van der Waals surface area contributed by atoms with E-state index in [1.54, 1.807) is 29.2 Å². The number of nitrogens with zero attached hydrogens (tertiary/aromatic N) is 1. The normalized spacial score (nSPS) is 15.3. The Kier molecular flexibility index (Phi) is 8.47. The van der Waals surface area contributed by atoms with Gasteiger partial charge in [-0.15, -0.1) is 0 Å². The summed E-state index contributed by atoms with van der Waals surface area (Å²) in [6.07, 6.45) is 6.10. The standard InChI is InChI=1S/C25H30ClFN2O2/c1-2-23(25(31)28-22-6-4-3-5-7-22)29(17-19-10-14-21(27)15-11-19)24(30)16-18-8-12-20(26)13-9-18/h8-15,22-23H,2-7,16-17H2,1H3,(H,28,31)/t23-/m1/s1. The Morgan fingerprint density at radius 2 is 1.65 bits per heavy atom. The highest BCUT2D eigenvalue weighted by atomic mass is 35.5. The molecule has 6 heteroatoms. The quantitative estimate of drug-likeness (QED) is 0.602. The molecule has 1 N–H and O–H groups in total. The highest BCUT2D eigenvalue weighted by Crippen LogP contribution is 2.20. The van der Waals surface area contributed by atoms with E-state index < -0.39 is 6.04 Å². The fourth-order valence-electron chi connectivity index (χ4n) is 4.13. The third-order valence-corrected chi connectivity index (χ3v) is 6.12. The van der Waals surface area contributed by atoms with Crippen molar-refractivity contribution in [2.45, 2.75) is 70.5 Å². The zero-order chi connectivity index (χ0) is 22.2. The molecule has 1 saturated carbocycles. The zero-order valence-electron chi connectivity index (χ0n) is 17.9. The van der Waals surface area contributed by atoms with Crippen LogP contribution in [0.4, 0.5) is 4.39 Å². The van der Waals surface area contributed by atoms with Gasteiger partial charge in [-0.25, -0.2) is 4.39 Å². The first-order valence-electron chi connectivity index (χ1n) is 11.0. The summed E-state index contributed by atoms with van der Waals surface area (Å²) in [5, 5.41) is 3.77. The van der Waals surface area contributed by atoms with E-state index in [1.807, 2.05) is 19.1 Å². The summed E-state index contributed by atoms with van der Waals surface area (Å²) in [4.78, 5) is 28.1. The minimum Gasteiger partial charge on any atom is -0.352 e. The molecule has 0 radical (unpaired) electrons. The molecule has 4 nitrogen and oxygen atoms in total. The van der Waals surface area contributed by atoms with Crippen LogP contribution in [0.1, 0.15) is 56.6 Å². The summed E-state index contributed by atoms with van der Waals surface area (Å²) in [5.74, 6) is -0.580. The Hall–Kier alpha value is -2.40. The van der Waals surface area contributed by atoms with Crippen molar-refractivity contribution in [3.63, 3.8) is 0 Å². The van der Waals surface area contributed by atoms with E-state index in [9.17, 15) is 14.0 Å². The molecule has 3 rings (SSSR count). The lowest BCUT2D eigenvalue weighted by Crippen LogP contribution is -2.51. The fraction of sp³-hybridized carbons (Fsp3) is 0.440. The number of hydrogen-bond donors (Lipinski definition) is 1. The number of amides is 2. The van der Waals surface area contributed by atoms with Crippen molar-refractivity contribution in [1.82, 2.24) is 10.2 Å². The molecule has 1 fully saturated rings. The number of rotatable bonds is 8. The van der Waals surface area contributed by atoms with Crippen LogP contribution in [-0.4, -0.2) is 28.8 Å². The maximum atomic E-state index is 13.4. The largest absolute Gasteiger partial charge is 0.352 e. The number of nitrogens with one attached hydrogen (secondary N) is 1. The molecular weight excluding hydrogens is 415 g/mol. The van der Waals surface area contributed by atoms with Crippen LogP contribution >= 0.6 is 11.6 Å². The van der Waals surface area contributed by atoms with Gasteiger partial charge in [-0.3, -0.25) is 9.59 Å². The van der Waals surface area contributed by atoms with Crippen molar-refractivity contribution in [1.29, 1.82) is 0 Å². The highest BCUT2D eigenvalue weighted by Gasteiger charge is 2.30. The van der Waals surface area contributed by atoms with E-state index in [1.165, 1.54) is 18.6 Å². The first-order chi connectivity index (χ1) is 15.0. The molecule has 1 aliphatic rings. The van der Waals surface area contributed by atoms with Gasteiger partial charge in [0.15, 0.2) is 0 Å².